The van der Waals surface area contributed by atoms with E-state index in [1.165, 1.54) is 0 Å². The highest BCUT2D eigenvalue weighted by Crippen LogP contribution is 2.31. The molecule has 0 spiro atoms. The van der Waals surface area contributed by atoms with Gasteiger partial charge in [-0.2, -0.15) is 13.2 Å². The summed E-state index contributed by atoms with van der Waals surface area (Å²) in [6.07, 6.45) is -1.62. The first kappa shape index (κ1) is 15.4. The molecule has 1 atom stereocenters. The molecule has 0 radical (unpaired) electrons. The Morgan fingerprint density at radius 1 is 1.24 bits per heavy atom. The minimum absolute atomic E-state index is 0.0648. The molecule has 1 heterocycles. The van der Waals surface area contributed by atoms with Crippen molar-refractivity contribution in [3.63, 3.8) is 0 Å². The number of nitrogens with one attached hydrogen (secondary N) is 1. The second-order valence-corrected chi connectivity index (χ2v) is 4.86. The third kappa shape index (κ3) is 4.24. The van der Waals surface area contributed by atoms with E-state index in [0.717, 1.165) is 17.9 Å². The normalized spacial score (nSPS) is 13.2. The van der Waals surface area contributed by atoms with Gasteiger partial charge >= 0.3 is 6.18 Å². The lowest BCUT2D eigenvalue weighted by Crippen LogP contribution is -2.17. The van der Waals surface area contributed by atoms with Crippen LogP contribution in [-0.2, 0) is 12.6 Å². The Morgan fingerprint density at radius 3 is 2.57 bits per heavy atom. The molecule has 0 saturated carbocycles. The van der Waals surface area contributed by atoms with Crippen LogP contribution in [0.15, 0.2) is 41.0 Å². The second-order valence-electron chi connectivity index (χ2n) is 4.86. The number of halogens is 4. The highest BCUT2D eigenvalue weighted by atomic mass is 19.4. The molecule has 0 aliphatic heterocycles. The number of furan rings is 1. The van der Waals surface area contributed by atoms with E-state index in [-0.39, 0.29) is 11.7 Å². The predicted octanol–water partition coefficient (Wildman–Crippen LogP) is 4.87. The van der Waals surface area contributed by atoms with Gasteiger partial charge in [0.15, 0.2) is 0 Å². The summed E-state index contributed by atoms with van der Waals surface area (Å²) < 4.78 is 56.2. The first-order valence-corrected chi connectivity index (χ1v) is 6.52. The maximum atomic E-state index is 13.7. The van der Waals surface area contributed by atoms with E-state index < -0.39 is 17.6 Å². The topological polar surface area (TPSA) is 25.2 Å². The van der Waals surface area contributed by atoms with Gasteiger partial charge in [0.2, 0.25) is 0 Å². The quantitative estimate of drug-likeness (QED) is 0.797. The minimum Gasteiger partial charge on any atom is -0.469 e. The molecule has 0 amide bonds. The van der Waals surface area contributed by atoms with Gasteiger partial charge in [-0.15, -0.1) is 0 Å². The van der Waals surface area contributed by atoms with Gasteiger partial charge in [0, 0.05) is 12.5 Å². The van der Waals surface area contributed by atoms with Gasteiger partial charge in [0.05, 0.1) is 17.5 Å². The van der Waals surface area contributed by atoms with Crippen LogP contribution >= 0.6 is 0 Å². The third-order valence-electron chi connectivity index (χ3n) is 3.10. The van der Waals surface area contributed by atoms with Crippen LogP contribution in [-0.4, -0.2) is 6.04 Å². The van der Waals surface area contributed by atoms with Crippen molar-refractivity contribution < 1.29 is 22.0 Å². The van der Waals surface area contributed by atoms with Crippen LogP contribution in [0.2, 0.25) is 0 Å². The number of rotatable bonds is 5. The largest absolute Gasteiger partial charge is 0.469 e. The van der Waals surface area contributed by atoms with Crippen molar-refractivity contribution in [3.8, 4) is 0 Å². The molecule has 6 heteroatoms. The summed E-state index contributed by atoms with van der Waals surface area (Å²) in [7, 11) is 0. The zero-order valence-electron chi connectivity index (χ0n) is 11.4. The summed E-state index contributed by atoms with van der Waals surface area (Å²) in [4.78, 5) is 0. The number of benzene rings is 1. The maximum Gasteiger partial charge on any atom is 0.416 e. The van der Waals surface area contributed by atoms with E-state index >= 15 is 0 Å². The number of anilines is 1. The van der Waals surface area contributed by atoms with Gasteiger partial charge in [0.25, 0.3) is 0 Å². The standard InChI is InChI=1S/C15H15F4NO/c1-10(4-6-12-3-2-8-21-12)20-14-7-5-11(9-13(14)16)15(17,18)19/h2-3,5,7-10,20H,4,6H2,1H3. The summed E-state index contributed by atoms with van der Waals surface area (Å²) in [5.41, 5.74) is -0.927. The van der Waals surface area contributed by atoms with Gasteiger partial charge in [-0.05, 0) is 43.7 Å². The molecule has 1 N–H and O–H groups in total. The summed E-state index contributed by atoms with van der Waals surface area (Å²) >= 11 is 0. The Labute approximate surface area is 119 Å². The zero-order valence-corrected chi connectivity index (χ0v) is 11.4. The molecule has 21 heavy (non-hydrogen) atoms. The van der Waals surface area contributed by atoms with E-state index in [2.05, 4.69) is 5.32 Å². The Balaban J connectivity index is 1.96. The van der Waals surface area contributed by atoms with E-state index in [1.54, 1.807) is 12.3 Å². The SMILES string of the molecule is CC(CCc1ccco1)Nc1ccc(C(F)(F)F)cc1F. The molecule has 1 unspecified atom stereocenters. The van der Waals surface area contributed by atoms with Gasteiger partial charge in [-0.25, -0.2) is 4.39 Å². The average Bonchev–Trinajstić information content (AvgIpc) is 2.91. The van der Waals surface area contributed by atoms with Crippen LogP contribution in [0.1, 0.15) is 24.7 Å². The van der Waals surface area contributed by atoms with Crippen molar-refractivity contribution in [2.75, 3.05) is 5.32 Å². The highest BCUT2D eigenvalue weighted by Gasteiger charge is 2.31. The van der Waals surface area contributed by atoms with Crippen molar-refractivity contribution in [2.45, 2.75) is 32.0 Å². The van der Waals surface area contributed by atoms with E-state index in [0.29, 0.717) is 18.9 Å². The number of hydrogen-bond donors (Lipinski definition) is 1. The Bertz CT molecular complexity index is 578. The lowest BCUT2D eigenvalue weighted by atomic mass is 10.1. The van der Waals surface area contributed by atoms with Crippen LogP contribution in [0.25, 0.3) is 0 Å². The number of hydrogen-bond acceptors (Lipinski definition) is 2. The van der Waals surface area contributed by atoms with Crippen LogP contribution in [0.5, 0.6) is 0 Å². The molecule has 2 aromatic rings. The summed E-state index contributed by atoms with van der Waals surface area (Å²) in [6, 6.07) is 6.00. The number of aryl methyl sites for hydroxylation is 1. The monoisotopic (exact) mass is 301 g/mol. The van der Waals surface area contributed by atoms with E-state index in [4.69, 9.17) is 4.42 Å². The van der Waals surface area contributed by atoms with Crippen molar-refractivity contribution in [3.05, 3.63) is 53.7 Å². The Morgan fingerprint density at radius 2 is 2.00 bits per heavy atom. The van der Waals surface area contributed by atoms with Gasteiger partial charge in [-0.1, -0.05) is 0 Å². The van der Waals surface area contributed by atoms with E-state index in [1.807, 2.05) is 13.0 Å². The second kappa shape index (κ2) is 6.20. The molecule has 2 rings (SSSR count). The fourth-order valence-corrected chi connectivity index (χ4v) is 1.96. The smallest absolute Gasteiger partial charge is 0.416 e. The van der Waals surface area contributed by atoms with Crippen molar-refractivity contribution >= 4 is 5.69 Å². The van der Waals surface area contributed by atoms with Crippen molar-refractivity contribution in [1.29, 1.82) is 0 Å². The fourth-order valence-electron chi connectivity index (χ4n) is 1.96. The zero-order chi connectivity index (χ0) is 15.5. The van der Waals surface area contributed by atoms with Crippen LogP contribution in [0.3, 0.4) is 0 Å². The van der Waals surface area contributed by atoms with Crippen LogP contribution < -0.4 is 5.32 Å². The molecule has 0 fully saturated rings. The molecular formula is C15H15F4NO. The molecule has 0 saturated heterocycles. The van der Waals surface area contributed by atoms with Crippen molar-refractivity contribution in [2.24, 2.45) is 0 Å². The van der Waals surface area contributed by atoms with Crippen molar-refractivity contribution in [1.82, 2.24) is 0 Å². The molecule has 2 nitrogen and oxygen atoms in total. The van der Waals surface area contributed by atoms with Crippen LogP contribution in [0.4, 0.5) is 23.2 Å². The highest BCUT2D eigenvalue weighted by molar-refractivity contribution is 5.47. The molecular weight excluding hydrogens is 286 g/mol. The van der Waals surface area contributed by atoms with Crippen LogP contribution in [0, 0.1) is 5.82 Å². The molecule has 1 aromatic heterocycles. The lowest BCUT2D eigenvalue weighted by Gasteiger charge is -2.16. The lowest BCUT2D eigenvalue weighted by molar-refractivity contribution is -0.137. The van der Waals surface area contributed by atoms with Gasteiger partial charge in [0.1, 0.15) is 11.6 Å². The predicted molar refractivity (Wildman–Crippen MR) is 71.5 cm³/mol. The summed E-state index contributed by atoms with van der Waals surface area (Å²) in [5, 5.41) is 2.87. The van der Waals surface area contributed by atoms with Gasteiger partial charge in [-0.3, -0.25) is 0 Å². The van der Waals surface area contributed by atoms with E-state index in [9.17, 15) is 17.6 Å². The first-order chi connectivity index (χ1) is 9.86. The average molecular weight is 301 g/mol. The molecule has 0 bridgehead atoms. The molecule has 1 aromatic carbocycles. The summed E-state index contributed by atoms with van der Waals surface area (Å²) in [6.45, 7) is 1.83. The fraction of sp³-hybridized carbons (Fsp3) is 0.333. The summed E-state index contributed by atoms with van der Waals surface area (Å²) in [5.74, 6) is -0.0915. The maximum absolute atomic E-state index is 13.7. The Kier molecular flexibility index (Phi) is 4.55. The minimum atomic E-state index is -4.54. The first-order valence-electron chi connectivity index (χ1n) is 6.52. The Hall–Kier alpha value is -1.98. The number of alkyl halides is 3. The molecule has 114 valence electrons. The molecule has 0 aliphatic rings. The third-order valence-corrected chi connectivity index (χ3v) is 3.10. The molecule has 0 aliphatic carbocycles. The van der Waals surface area contributed by atoms with Gasteiger partial charge < -0.3 is 9.73 Å².